The SMILES string of the molecule is CN(C)C(=O)COc1cccc(Nc2ccc(-c3ccncc3)cn2)c1. The summed E-state index contributed by atoms with van der Waals surface area (Å²) in [6.45, 7) is 0.00926. The standard InChI is InChI=1S/C20H20N4O2/c1-24(2)20(25)14-26-18-5-3-4-17(12-18)23-19-7-6-16(13-22-19)15-8-10-21-11-9-15/h3-13H,14H2,1-2H3,(H,22,23). The first-order valence-corrected chi connectivity index (χ1v) is 8.18. The Morgan fingerprint density at radius 1 is 1.08 bits per heavy atom. The van der Waals surface area contributed by atoms with Gasteiger partial charge in [0.05, 0.1) is 0 Å². The summed E-state index contributed by atoms with van der Waals surface area (Å²) in [6.07, 6.45) is 5.33. The first-order valence-electron chi connectivity index (χ1n) is 8.18. The van der Waals surface area contributed by atoms with Crippen molar-refractivity contribution in [2.45, 2.75) is 0 Å². The third-order valence-corrected chi connectivity index (χ3v) is 3.74. The van der Waals surface area contributed by atoms with Crippen LogP contribution in [0.3, 0.4) is 0 Å². The second kappa shape index (κ2) is 8.11. The fourth-order valence-electron chi connectivity index (χ4n) is 2.27. The van der Waals surface area contributed by atoms with Crippen molar-refractivity contribution in [1.82, 2.24) is 14.9 Å². The molecule has 6 heteroatoms. The molecule has 0 saturated carbocycles. The fraction of sp³-hybridized carbons (Fsp3) is 0.150. The van der Waals surface area contributed by atoms with E-state index in [2.05, 4.69) is 15.3 Å². The Morgan fingerprint density at radius 2 is 1.88 bits per heavy atom. The van der Waals surface area contributed by atoms with Crippen LogP contribution >= 0.6 is 0 Å². The summed E-state index contributed by atoms with van der Waals surface area (Å²) in [7, 11) is 3.40. The van der Waals surface area contributed by atoms with Crippen molar-refractivity contribution in [2.75, 3.05) is 26.0 Å². The molecular weight excluding hydrogens is 328 g/mol. The monoisotopic (exact) mass is 348 g/mol. The average Bonchev–Trinajstić information content (AvgIpc) is 2.67. The van der Waals surface area contributed by atoms with E-state index in [4.69, 9.17) is 4.74 Å². The number of ether oxygens (including phenoxy) is 1. The van der Waals surface area contributed by atoms with Gasteiger partial charge in [0.2, 0.25) is 0 Å². The largest absolute Gasteiger partial charge is 0.484 e. The third kappa shape index (κ3) is 4.57. The average molecular weight is 348 g/mol. The minimum atomic E-state index is -0.0864. The van der Waals surface area contributed by atoms with Gasteiger partial charge in [-0.1, -0.05) is 6.07 Å². The molecule has 2 aromatic heterocycles. The molecule has 0 saturated heterocycles. The van der Waals surface area contributed by atoms with Crippen LogP contribution in [0.1, 0.15) is 0 Å². The zero-order valence-electron chi connectivity index (χ0n) is 14.7. The van der Waals surface area contributed by atoms with E-state index in [0.717, 1.165) is 22.6 Å². The van der Waals surface area contributed by atoms with Crippen LogP contribution in [-0.2, 0) is 4.79 Å². The van der Waals surface area contributed by atoms with E-state index < -0.39 is 0 Å². The van der Waals surface area contributed by atoms with Crippen LogP contribution in [0.4, 0.5) is 11.5 Å². The summed E-state index contributed by atoms with van der Waals surface area (Å²) in [6, 6.07) is 15.2. The second-order valence-corrected chi connectivity index (χ2v) is 5.90. The van der Waals surface area contributed by atoms with Gasteiger partial charge in [-0.25, -0.2) is 4.98 Å². The van der Waals surface area contributed by atoms with Gasteiger partial charge < -0.3 is 15.0 Å². The molecule has 0 aliphatic carbocycles. The summed E-state index contributed by atoms with van der Waals surface area (Å²) in [5.74, 6) is 1.26. The van der Waals surface area contributed by atoms with Crippen molar-refractivity contribution in [3.63, 3.8) is 0 Å². The van der Waals surface area contributed by atoms with Crippen LogP contribution in [0.5, 0.6) is 5.75 Å². The maximum absolute atomic E-state index is 11.6. The summed E-state index contributed by atoms with van der Waals surface area (Å²) >= 11 is 0. The molecule has 0 spiro atoms. The van der Waals surface area contributed by atoms with Crippen LogP contribution in [0.25, 0.3) is 11.1 Å². The van der Waals surface area contributed by atoms with E-state index in [1.165, 1.54) is 4.90 Å². The molecule has 1 aromatic carbocycles. The number of pyridine rings is 2. The lowest BCUT2D eigenvalue weighted by atomic mass is 10.1. The Hall–Kier alpha value is -3.41. The van der Waals surface area contributed by atoms with E-state index in [0.29, 0.717) is 5.75 Å². The minimum absolute atomic E-state index is 0.00926. The molecule has 0 aliphatic heterocycles. The van der Waals surface area contributed by atoms with E-state index in [1.54, 1.807) is 26.5 Å². The first-order chi connectivity index (χ1) is 12.6. The number of rotatable bonds is 6. The number of nitrogens with zero attached hydrogens (tertiary/aromatic N) is 3. The highest BCUT2D eigenvalue weighted by atomic mass is 16.5. The van der Waals surface area contributed by atoms with Crippen molar-refractivity contribution in [2.24, 2.45) is 0 Å². The van der Waals surface area contributed by atoms with Gasteiger partial charge in [0.1, 0.15) is 11.6 Å². The minimum Gasteiger partial charge on any atom is -0.484 e. The van der Waals surface area contributed by atoms with E-state index in [9.17, 15) is 4.79 Å². The number of anilines is 2. The van der Waals surface area contributed by atoms with Crippen molar-refractivity contribution >= 4 is 17.4 Å². The van der Waals surface area contributed by atoms with Crippen LogP contribution in [-0.4, -0.2) is 41.5 Å². The van der Waals surface area contributed by atoms with Gasteiger partial charge in [-0.3, -0.25) is 9.78 Å². The van der Waals surface area contributed by atoms with Crippen LogP contribution in [0.15, 0.2) is 67.1 Å². The lowest BCUT2D eigenvalue weighted by molar-refractivity contribution is -0.130. The number of aromatic nitrogens is 2. The van der Waals surface area contributed by atoms with E-state index in [1.807, 2.05) is 54.7 Å². The van der Waals surface area contributed by atoms with Gasteiger partial charge in [-0.05, 0) is 42.0 Å². The predicted molar refractivity (Wildman–Crippen MR) is 101 cm³/mol. The van der Waals surface area contributed by atoms with Crippen molar-refractivity contribution < 1.29 is 9.53 Å². The Bertz CT molecular complexity index is 864. The highest BCUT2D eigenvalue weighted by molar-refractivity contribution is 5.77. The Labute approximate surface area is 152 Å². The Morgan fingerprint density at radius 3 is 2.58 bits per heavy atom. The van der Waals surface area contributed by atoms with Gasteiger partial charge in [-0.15, -0.1) is 0 Å². The first kappa shape index (κ1) is 17.4. The predicted octanol–water partition coefficient (Wildman–Crippen LogP) is 3.35. The van der Waals surface area contributed by atoms with Gasteiger partial charge in [0.15, 0.2) is 6.61 Å². The number of hydrogen-bond donors (Lipinski definition) is 1. The molecule has 132 valence electrons. The summed E-state index contributed by atoms with van der Waals surface area (Å²) < 4.78 is 5.53. The number of benzene rings is 1. The van der Waals surface area contributed by atoms with Crippen LogP contribution in [0, 0.1) is 0 Å². The molecule has 0 unspecified atom stereocenters. The quantitative estimate of drug-likeness (QED) is 0.740. The molecule has 3 aromatic rings. The zero-order valence-corrected chi connectivity index (χ0v) is 14.7. The molecule has 2 heterocycles. The van der Waals surface area contributed by atoms with Crippen LogP contribution < -0.4 is 10.1 Å². The van der Waals surface area contributed by atoms with Gasteiger partial charge in [0, 0.05) is 50.0 Å². The highest BCUT2D eigenvalue weighted by Gasteiger charge is 2.06. The van der Waals surface area contributed by atoms with Gasteiger partial charge in [-0.2, -0.15) is 0 Å². The fourth-order valence-corrected chi connectivity index (χ4v) is 2.27. The van der Waals surface area contributed by atoms with Gasteiger partial charge in [0.25, 0.3) is 5.91 Å². The number of nitrogens with one attached hydrogen (secondary N) is 1. The molecule has 0 fully saturated rings. The molecule has 6 nitrogen and oxygen atoms in total. The smallest absolute Gasteiger partial charge is 0.259 e. The Kier molecular flexibility index (Phi) is 5.43. The molecule has 0 bridgehead atoms. The maximum Gasteiger partial charge on any atom is 0.259 e. The molecule has 26 heavy (non-hydrogen) atoms. The molecule has 1 amide bonds. The van der Waals surface area contributed by atoms with Crippen LogP contribution in [0.2, 0.25) is 0 Å². The van der Waals surface area contributed by atoms with E-state index in [-0.39, 0.29) is 12.5 Å². The zero-order chi connectivity index (χ0) is 18.4. The lowest BCUT2D eigenvalue weighted by Crippen LogP contribution is -2.27. The molecule has 0 aliphatic rings. The molecule has 1 N–H and O–H groups in total. The Balaban J connectivity index is 1.65. The van der Waals surface area contributed by atoms with Gasteiger partial charge >= 0.3 is 0 Å². The summed E-state index contributed by atoms with van der Waals surface area (Å²) in [5, 5.41) is 3.23. The lowest BCUT2D eigenvalue weighted by Gasteiger charge is -2.12. The van der Waals surface area contributed by atoms with Crippen molar-refractivity contribution in [3.8, 4) is 16.9 Å². The second-order valence-electron chi connectivity index (χ2n) is 5.90. The summed E-state index contributed by atoms with van der Waals surface area (Å²) in [4.78, 5) is 21.6. The topological polar surface area (TPSA) is 67.3 Å². The molecular formula is C20H20N4O2. The van der Waals surface area contributed by atoms with Crippen molar-refractivity contribution in [3.05, 3.63) is 67.1 Å². The van der Waals surface area contributed by atoms with E-state index >= 15 is 0 Å². The molecule has 0 radical (unpaired) electrons. The highest BCUT2D eigenvalue weighted by Crippen LogP contribution is 2.23. The molecule has 3 rings (SSSR count). The number of carbonyl (C=O) groups is 1. The number of amides is 1. The number of carbonyl (C=O) groups excluding carboxylic acids is 1. The number of likely N-dealkylation sites (N-methyl/N-ethyl adjacent to an activating group) is 1. The number of hydrogen-bond acceptors (Lipinski definition) is 5. The third-order valence-electron chi connectivity index (χ3n) is 3.74. The normalized spacial score (nSPS) is 10.2. The molecule has 0 atom stereocenters. The maximum atomic E-state index is 11.6. The van der Waals surface area contributed by atoms with Crippen molar-refractivity contribution in [1.29, 1.82) is 0 Å². The summed E-state index contributed by atoms with van der Waals surface area (Å²) in [5.41, 5.74) is 2.93.